The first-order valence-electron chi connectivity index (χ1n) is 9.58. The monoisotopic (exact) mass is 433 g/mol. The van der Waals surface area contributed by atoms with Crippen LogP contribution in [0.25, 0.3) is 10.8 Å². The van der Waals surface area contributed by atoms with E-state index in [1.165, 1.54) is 6.92 Å². The number of hydrogen-bond acceptors (Lipinski definition) is 9. The number of carbonyl (C=O) groups is 3. The molecule has 0 heterocycles. The summed E-state index contributed by atoms with van der Waals surface area (Å²) in [6.07, 6.45) is 0.746. The van der Waals surface area contributed by atoms with Crippen molar-refractivity contribution in [3.63, 3.8) is 0 Å². The van der Waals surface area contributed by atoms with Crippen LogP contribution in [0.3, 0.4) is 0 Å². The number of hydrogen-bond donors (Lipinski definition) is 0. The second kappa shape index (κ2) is 11.5. The van der Waals surface area contributed by atoms with E-state index in [1.807, 2.05) is 6.07 Å². The molecule has 10 nitrogen and oxygen atoms in total. The van der Waals surface area contributed by atoms with Crippen LogP contribution in [-0.4, -0.2) is 42.8 Å². The van der Waals surface area contributed by atoms with Gasteiger partial charge in [-0.1, -0.05) is 24.3 Å². The molecule has 0 spiro atoms. The first kappa shape index (κ1) is 23.6. The van der Waals surface area contributed by atoms with Gasteiger partial charge in [0.15, 0.2) is 6.61 Å². The van der Waals surface area contributed by atoms with Crippen molar-refractivity contribution in [2.24, 2.45) is 0 Å². The Balaban J connectivity index is 1.81. The number of benzene rings is 2. The zero-order valence-corrected chi connectivity index (χ0v) is 17.2. The molecule has 0 radical (unpaired) electrons. The molecule has 0 bridgehead atoms. The van der Waals surface area contributed by atoms with E-state index in [4.69, 9.17) is 14.2 Å². The molecule has 0 aliphatic rings. The second-order valence-electron chi connectivity index (χ2n) is 6.68. The van der Waals surface area contributed by atoms with Gasteiger partial charge in [0.25, 0.3) is 5.09 Å². The number of fused-ring (bicyclic) bond motifs is 1. The number of rotatable bonds is 11. The Morgan fingerprint density at radius 1 is 1.00 bits per heavy atom. The first-order chi connectivity index (χ1) is 14.8. The average molecular weight is 433 g/mol. The Morgan fingerprint density at radius 2 is 1.68 bits per heavy atom. The summed E-state index contributed by atoms with van der Waals surface area (Å²) in [5, 5.41) is 10.8. The molecule has 0 N–H and O–H groups in total. The number of ether oxygens (including phenoxy) is 3. The molecule has 31 heavy (non-hydrogen) atoms. The zero-order valence-electron chi connectivity index (χ0n) is 17.2. The fourth-order valence-corrected chi connectivity index (χ4v) is 2.70. The van der Waals surface area contributed by atoms with Crippen molar-refractivity contribution in [2.75, 3.05) is 19.8 Å². The summed E-state index contributed by atoms with van der Waals surface area (Å²) in [5.41, 5.74) is 0.705. The van der Waals surface area contributed by atoms with E-state index >= 15 is 0 Å². The van der Waals surface area contributed by atoms with E-state index in [2.05, 4.69) is 4.84 Å². The van der Waals surface area contributed by atoms with Crippen LogP contribution in [0.5, 0.6) is 5.75 Å². The van der Waals surface area contributed by atoms with E-state index in [9.17, 15) is 24.5 Å². The van der Waals surface area contributed by atoms with Crippen molar-refractivity contribution in [2.45, 2.75) is 32.6 Å². The van der Waals surface area contributed by atoms with Crippen molar-refractivity contribution in [1.29, 1.82) is 0 Å². The molecule has 166 valence electrons. The highest BCUT2D eigenvalue weighted by atomic mass is 16.9. The minimum atomic E-state index is -0.886. The van der Waals surface area contributed by atoms with Crippen molar-refractivity contribution in [1.82, 2.24) is 0 Å². The molecule has 10 heteroatoms. The maximum Gasteiger partial charge on any atom is 0.344 e. The largest absolute Gasteiger partial charge is 0.463 e. The number of nitrogens with zero attached hydrogens (tertiary/aromatic N) is 1. The molecular formula is C21H23NO9. The summed E-state index contributed by atoms with van der Waals surface area (Å²) >= 11 is 0. The lowest BCUT2D eigenvalue weighted by Crippen LogP contribution is -2.20. The van der Waals surface area contributed by atoms with Gasteiger partial charge in [0.05, 0.1) is 19.1 Å². The maximum atomic E-state index is 12.3. The molecule has 0 amide bonds. The second-order valence-corrected chi connectivity index (χ2v) is 6.68. The van der Waals surface area contributed by atoms with Gasteiger partial charge in [0, 0.05) is 6.92 Å². The third-order valence-corrected chi connectivity index (χ3v) is 4.28. The van der Waals surface area contributed by atoms with Crippen LogP contribution >= 0.6 is 0 Å². The highest BCUT2D eigenvalue weighted by molar-refractivity contribution is 5.87. The van der Waals surface area contributed by atoms with Crippen molar-refractivity contribution >= 4 is 28.7 Å². The van der Waals surface area contributed by atoms with E-state index in [1.54, 1.807) is 37.3 Å². The highest BCUT2D eigenvalue weighted by Gasteiger charge is 2.19. The molecule has 0 saturated heterocycles. The van der Waals surface area contributed by atoms with Gasteiger partial charge < -0.3 is 19.0 Å². The maximum absolute atomic E-state index is 12.3. The van der Waals surface area contributed by atoms with Crippen LogP contribution in [0.1, 0.15) is 38.2 Å². The third kappa shape index (κ3) is 7.92. The van der Waals surface area contributed by atoms with Gasteiger partial charge in [-0.05, 0) is 48.2 Å². The van der Waals surface area contributed by atoms with Gasteiger partial charge in [0.2, 0.25) is 0 Å². The molecule has 2 rings (SSSR count). The molecule has 0 fully saturated rings. The normalized spacial score (nSPS) is 11.4. The van der Waals surface area contributed by atoms with Gasteiger partial charge in [-0.3, -0.25) is 9.59 Å². The van der Waals surface area contributed by atoms with Crippen molar-refractivity contribution in [3.8, 4) is 5.75 Å². The molecule has 2 aromatic carbocycles. The quantitative estimate of drug-likeness (QED) is 0.172. The van der Waals surface area contributed by atoms with Gasteiger partial charge in [-0.2, -0.15) is 0 Å². The topological polar surface area (TPSA) is 131 Å². The van der Waals surface area contributed by atoms with Gasteiger partial charge >= 0.3 is 17.9 Å². The lowest BCUT2D eigenvalue weighted by molar-refractivity contribution is -0.757. The minimum absolute atomic E-state index is 0.0486. The molecule has 1 unspecified atom stereocenters. The summed E-state index contributed by atoms with van der Waals surface area (Å²) < 4.78 is 15.0. The molecule has 0 aliphatic heterocycles. The van der Waals surface area contributed by atoms with Crippen molar-refractivity contribution < 1.29 is 38.5 Å². The smallest absolute Gasteiger partial charge is 0.344 e. The molecule has 1 atom stereocenters. The SMILES string of the molecule is CC(=O)Oc1ccc2cc(C(C)C(=O)OCC(=O)OCCCCO[N+](=O)[O-])ccc2c1. The summed E-state index contributed by atoms with van der Waals surface area (Å²) in [6, 6.07) is 10.6. The Hall–Kier alpha value is -3.69. The van der Waals surface area contributed by atoms with Crippen LogP contribution < -0.4 is 4.74 Å². The van der Waals surface area contributed by atoms with E-state index in [-0.39, 0.29) is 13.2 Å². The van der Waals surface area contributed by atoms with Crippen LogP contribution in [0.2, 0.25) is 0 Å². The van der Waals surface area contributed by atoms with Gasteiger partial charge in [0.1, 0.15) is 5.75 Å². The number of esters is 3. The average Bonchev–Trinajstić information content (AvgIpc) is 2.72. The summed E-state index contributed by atoms with van der Waals surface area (Å²) in [6.45, 7) is 2.44. The first-order valence-corrected chi connectivity index (χ1v) is 9.58. The third-order valence-electron chi connectivity index (χ3n) is 4.28. The Morgan fingerprint density at radius 3 is 2.39 bits per heavy atom. The molecule has 0 aliphatic carbocycles. The molecular weight excluding hydrogens is 410 g/mol. The van der Waals surface area contributed by atoms with Gasteiger partial charge in [-0.25, -0.2) is 4.79 Å². The molecule has 0 saturated carbocycles. The molecule has 2 aromatic rings. The predicted molar refractivity (Wildman–Crippen MR) is 108 cm³/mol. The van der Waals surface area contributed by atoms with E-state index in [0.29, 0.717) is 24.2 Å². The lowest BCUT2D eigenvalue weighted by atomic mass is 9.98. The van der Waals surface area contributed by atoms with E-state index in [0.717, 1.165) is 10.8 Å². The van der Waals surface area contributed by atoms with Crippen molar-refractivity contribution in [3.05, 3.63) is 52.1 Å². The predicted octanol–water partition coefficient (Wildman–Crippen LogP) is 2.94. The fourth-order valence-electron chi connectivity index (χ4n) is 2.70. The van der Waals surface area contributed by atoms with Crippen LogP contribution in [-0.2, 0) is 28.7 Å². The number of carbonyl (C=O) groups excluding carboxylic acids is 3. The van der Waals surface area contributed by atoms with Crippen LogP contribution in [0.4, 0.5) is 0 Å². The minimum Gasteiger partial charge on any atom is -0.463 e. The van der Waals surface area contributed by atoms with Crippen LogP contribution in [0.15, 0.2) is 36.4 Å². The summed E-state index contributed by atoms with van der Waals surface area (Å²) in [7, 11) is 0. The van der Waals surface area contributed by atoms with Gasteiger partial charge in [-0.15, -0.1) is 10.1 Å². The fraction of sp³-hybridized carbons (Fsp3) is 0.381. The standard InChI is InChI=1S/C21H23NO9/c1-14(21(25)29-13-20(24)28-9-3-4-10-30-22(26)27)16-5-6-18-12-19(31-15(2)23)8-7-17(18)11-16/h5-8,11-12,14H,3-4,9-10,13H2,1-2H3. The Bertz CT molecular complexity index is 957. The van der Waals surface area contributed by atoms with Crippen LogP contribution in [0, 0.1) is 10.1 Å². The Kier molecular flexibility index (Phi) is 8.74. The highest BCUT2D eigenvalue weighted by Crippen LogP contribution is 2.26. The summed E-state index contributed by atoms with van der Waals surface area (Å²) in [4.78, 5) is 49.1. The lowest BCUT2D eigenvalue weighted by Gasteiger charge is -2.13. The number of unbranched alkanes of at least 4 members (excludes halogenated alkanes) is 1. The zero-order chi connectivity index (χ0) is 22.8. The summed E-state index contributed by atoms with van der Waals surface area (Å²) in [5.74, 6) is -1.86. The van der Waals surface area contributed by atoms with E-state index < -0.39 is 35.5 Å². The molecule has 0 aromatic heterocycles. The Labute approximate surface area is 178 Å².